The Hall–Kier alpha value is -1.06. The van der Waals surface area contributed by atoms with E-state index in [1.54, 1.807) is 0 Å². The second-order valence-corrected chi connectivity index (χ2v) is 8.32. The van der Waals surface area contributed by atoms with Crippen LogP contribution in [0.1, 0.15) is 25.0 Å². The van der Waals surface area contributed by atoms with Gasteiger partial charge in [-0.15, -0.1) is 24.0 Å². The molecule has 0 aromatic heterocycles. The van der Waals surface area contributed by atoms with Gasteiger partial charge in [0.1, 0.15) is 5.75 Å². The van der Waals surface area contributed by atoms with Gasteiger partial charge in [0.05, 0.1) is 6.61 Å². The average Bonchev–Trinajstić information content (AvgIpc) is 3.15. The maximum Gasteiger partial charge on any atom is 0.191 e. The normalized spacial score (nSPS) is 18.7. The topological polar surface area (TPSA) is 52.1 Å². The number of hydrogen-bond donors (Lipinski definition) is 2. The molecule has 164 valence electrons. The lowest BCUT2D eigenvalue weighted by Crippen LogP contribution is -2.55. The Morgan fingerprint density at radius 2 is 1.93 bits per heavy atom. The minimum Gasteiger partial charge on any atom is -0.493 e. The van der Waals surface area contributed by atoms with Crippen molar-refractivity contribution in [3.63, 3.8) is 0 Å². The van der Waals surface area contributed by atoms with Gasteiger partial charge in [-0.25, -0.2) is 0 Å². The first-order valence-electron chi connectivity index (χ1n) is 10.7. The van der Waals surface area contributed by atoms with E-state index in [9.17, 15) is 0 Å². The largest absolute Gasteiger partial charge is 0.493 e. The molecule has 2 aliphatic rings. The Morgan fingerprint density at radius 3 is 2.62 bits per heavy atom. The minimum absolute atomic E-state index is 0. The second-order valence-electron chi connectivity index (χ2n) is 8.32. The summed E-state index contributed by atoms with van der Waals surface area (Å²) < 4.78 is 5.59. The van der Waals surface area contributed by atoms with Crippen molar-refractivity contribution < 1.29 is 4.74 Å². The summed E-state index contributed by atoms with van der Waals surface area (Å²) in [7, 11) is 4.06. The van der Waals surface area contributed by atoms with E-state index in [0.717, 1.165) is 70.4 Å². The molecular weight excluding hydrogens is 477 g/mol. The van der Waals surface area contributed by atoms with Gasteiger partial charge in [-0.1, -0.05) is 26.0 Å². The Balaban J connectivity index is 0.00000300. The van der Waals surface area contributed by atoms with Gasteiger partial charge >= 0.3 is 0 Å². The molecule has 0 aliphatic carbocycles. The maximum atomic E-state index is 5.59. The molecule has 7 heteroatoms. The number of nitrogens with zero attached hydrogens (tertiary/aromatic N) is 3. The van der Waals surface area contributed by atoms with Crippen LogP contribution in [0.4, 0.5) is 0 Å². The zero-order valence-corrected chi connectivity index (χ0v) is 20.7. The molecule has 1 aromatic carbocycles. The highest BCUT2D eigenvalue weighted by molar-refractivity contribution is 14.0. The molecule has 2 heterocycles. The molecule has 0 saturated carbocycles. The van der Waals surface area contributed by atoms with Gasteiger partial charge in [0.25, 0.3) is 0 Å². The fraction of sp³-hybridized carbons (Fsp3) is 0.682. The van der Waals surface area contributed by atoms with Crippen molar-refractivity contribution in [3.05, 3.63) is 29.3 Å². The molecule has 1 saturated heterocycles. The number of piperazine rings is 1. The quantitative estimate of drug-likeness (QED) is 0.332. The van der Waals surface area contributed by atoms with E-state index >= 15 is 0 Å². The highest BCUT2D eigenvalue weighted by Crippen LogP contribution is 2.25. The van der Waals surface area contributed by atoms with Gasteiger partial charge in [0, 0.05) is 58.8 Å². The smallest absolute Gasteiger partial charge is 0.191 e. The lowest BCUT2D eigenvalue weighted by Gasteiger charge is -2.40. The summed E-state index contributed by atoms with van der Waals surface area (Å²) in [6, 6.07) is 7.09. The number of likely N-dealkylation sites (N-methyl/N-ethyl adjacent to an activating group) is 1. The zero-order valence-electron chi connectivity index (χ0n) is 18.4. The summed E-state index contributed by atoms with van der Waals surface area (Å²) in [6.45, 7) is 11.9. The third-order valence-corrected chi connectivity index (χ3v) is 5.94. The van der Waals surface area contributed by atoms with E-state index in [1.165, 1.54) is 11.1 Å². The zero-order chi connectivity index (χ0) is 19.9. The third kappa shape index (κ3) is 7.00. The van der Waals surface area contributed by atoms with Crippen molar-refractivity contribution in [1.29, 1.82) is 0 Å². The molecule has 1 fully saturated rings. The molecule has 0 spiro atoms. The lowest BCUT2D eigenvalue weighted by atomic mass is 10.0. The summed E-state index contributed by atoms with van der Waals surface area (Å²) in [5, 5.41) is 7.02. The number of halogens is 1. The highest BCUT2D eigenvalue weighted by Gasteiger charge is 2.25. The van der Waals surface area contributed by atoms with Gasteiger partial charge in [-0.2, -0.15) is 0 Å². The van der Waals surface area contributed by atoms with Gasteiger partial charge in [-0.3, -0.25) is 9.89 Å². The first-order chi connectivity index (χ1) is 13.6. The summed E-state index contributed by atoms with van der Waals surface area (Å²) in [5.74, 6) is 2.56. The number of benzene rings is 1. The van der Waals surface area contributed by atoms with Crippen molar-refractivity contribution in [2.45, 2.75) is 32.7 Å². The Bertz CT molecular complexity index is 659. The highest BCUT2D eigenvalue weighted by atomic mass is 127. The van der Waals surface area contributed by atoms with Crippen LogP contribution >= 0.6 is 24.0 Å². The van der Waals surface area contributed by atoms with E-state index in [2.05, 4.69) is 64.5 Å². The number of nitrogens with one attached hydrogen (secondary N) is 2. The average molecular weight is 515 g/mol. The molecule has 0 bridgehead atoms. The van der Waals surface area contributed by atoms with Crippen LogP contribution in [0, 0.1) is 5.92 Å². The number of rotatable bonds is 7. The molecule has 2 N–H and O–H groups in total. The molecule has 29 heavy (non-hydrogen) atoms. The van der Waals surface area contributed by atoms with Crippen LogP contribution in [0.15, 0.2) is 23.2 Å². The van der Waals surface area contributed by atoms with Gasteiger partial charge < -0.3 is 20.3 Å². The predicted octanol–water partition coefficient (Wildman–Crippen LogP) is 2.22. The fourth-order valence-electron chi connectivity index (χ4n) is 4.08. The van der Waals surface area contributed by atoms with Crippen molar-refractivity contribution in [3.8, 4) is 5.75 Å². The number of aliphatic imine (C=N–C) groups is 1. The van der Waals surface area contributed by atoms with E-state index in [1.807, 2.05) is 7.05 Å². The molecule has 0 radical (unpaired) electrons. The standard InChI is InChI=1S/C22H37N5O.HI/c1-17(2)20(27-12-10-26(4)11-13-27)16-25-22(23-3)24-9-7-18-5-6-21-19(15-18)8-14-28-21;/h5-6,15,17,20H,7-14,16H2,1-4H3,(H2,23,24,25);1H. The summed E-state index contributed by atoms with van der Waals surface area (Å²) >= 11 is 0. The number of hydrogen-bond acceptors (Lipinski definition) is 4. The summed E-state index contributed by atoms with van der Waals surface area (Å²) in [6.07, 6.45) is 2.02. The Morgan fingerprint density at radius 1 is 1.17 bits per heavy atom. The number of guanidine groups is 1. The van der Waals surface area contributed by atoms with Crippen molar-refractivity contribution in [2.75, 3.05) is 60.0 Å². The van der Waals surface area contributed by atoms with Crippen LogP contribution in [0.25, 0.3) is 0 Å². The molecule has 0 amide bonds. The van der Waals surface area contributed by atoms with Crippen LogP contribution in [-0.2, 0) is 12.8 Å². The van der Waals surface area contributed by atoms with E-state index in [0.29, 0.717) is 12.0 Å². The van der Waals surface area contributed by atoms with Crippen LogP contribution in [0.3, 0.4) is 0 Å². The van der Waals surface area contributed by atoms with E-state index in [4.69, 9.17) is 4.74 Å². The van der Waals surface area contributed by atoms with Gasteiger partial charge in [-0.05, 0) is 36.6 Å². The Labute approximate surface area is 193 Å². The number of ether oxygens (including phenoxy) is 1. The van der Waals surface area contributed by atoms with Gasteiger partial charge in [0.2, 0.25) is 0 Å². The molecule has 6 nitrogen and oxygen atoms in total. The molecule has 1 atom stereocenters. The molecule has 3 rings (SSSR count). The van der Waals surface area contributed by atoms with Crippen LogP contribution in [-0.4, -0.2) is 81.8 Å². The first kappa shape index (κ1) is 24.2. The number of fused-ring (bicyclic) bond motifs is 1. The molecule has 1 unspecified atom stereocenters. The second kappa shape index (κ2) is 12.0. The van der Waals surface area contributed by atoms with Crippen LogP contribution < -0.4 is 15.4 Å². The fourth-order valence-corrected chi connectivity index (χ4v) is 4.08. The SMILES string of the molecule is CN=C(NCCc1ccc2c(c1)CCO2)NCC(C(C)C)N1CCN(C)CC1.I. The van der Waals surface area contributed by atoms with Crippen molar-refractivity contribution in [2.24, 2.45) is 10.9 Å². The first-order valence-corrected chi connectivity index (χ1v) is 10.7. The van der Waals surface area contributed by atoms with Gasteiger partial charge in [0.15, 0.2) is 5.96 Å². The molecule has 1 aromatic rings. The Kier molecular flexibility index (Phi) is 9.98. The van der Waals surface area contributed by atoms with Crippen molar-refractivity contribution in [1.82, 2.24) is 20.4 Å². The monoisotopic (exact) mass is 515 g/mol. The lowest BCUT2D eigenvalue weighted by molar-refractivity contribution is 0.0900. The summed E-state index contributed by atoms with van der Waals surface area (Å²) in [5.41, 5.74) is 2.69. The third-order valence-electron chi connectivity index (χ3n) is 5.94. The van der Waals surface area contributed by atoms with E-state index < -0.39 is 0 Å². The van der Waals surface area contributed by atoms with E-state index in [-0.39, 0.29) is 24.0 Å². The molecular formula is C22H38IN5O. The van der Waals surface area contributed by atoms with Crippen molar-refractivity contribution >= 4 is 29.9 Å². The predicted molar refractivity (Wildman–Crippen MR) is 132 cm³/mol. The maximum absolute atomic E-state index is 5.59. The minimum atomic E-state index is 0. The van der Waals surface area contributed by atoms with Crippen LogP contribution in [0.2, 0.25) is 0 Å². The van der Waals surface area contributed by atoms with Crippen LogP contribution in [0.5, 0.6) is 5.75 Å². The molecule has 2 aliphatic heterocycles. The summed E-state index contributed by atoms with van der Waals surface area (Å²) in [4.78, 5) is 9.45.